The Morgan fingerprint density at radius 3 is 3.00 bits per heavy atom. The second-order valence-electron chi connectivity index (χ2n) is 6.94. The highest BCUT2D eigenvalue weighted by molar-refractivity contribution is 7.99. The third-order valence-corrected chi connectivity index (χ3v) is 5.99. The summed E-state index contributed by atoms with van der Waals surface area (Å²) in [5, 5.41) is 15.7. The lowest BCUT2D eigenvalue weighted by atomic mass is 9.78. The molecule has 3 rings (SSSR count). The Labute approximate surface area is 152 Å². The van der Waals surface area contributed by atoms with Crippen molar-refractivity contribution in [2.75, 3.05) is 5.75 Å². The number of carbonyl (C=O) groups excluding carboxylic acids is 1. The Kier molecular flexibility index (Phi) is 5.73. The van der Waals surface area contributed by atoms with Crippen LogP contribution in [0.1, 0.15) is 38.7 Å². The molecule has 1 aliphatic carbocycles. The summed E-state index contributed by atoms with van der Waals surface area (Å²) < 4.78 is 1.68. The Morgan fingerprint density at radius 1 is 1.36 bits per heavy atom. The van der Waals surface area contributed by atoms with E-state index in [2.05, 4.69) is 34.7 Å². The third kappa shape index (κ3) is 4.39. The third-order valence-electron chi connectivity index (χ3n) is 5.07. The quantitative estimate of drug-likeness (QED) is 0.831. The number of hydrogen-bond donors (Lipinski definition) is 1. The van der Waals surface area contributed by atoms with Crippen LogP contribution in [0.2, 0.25) is 0 Å². The Hall–Kier alpha value is -1.89. The molecule has 25 heavy (non-hydrogen) atoms. The molecule has 1 amide bonds. The van der Waals surface area contributed by atoms with E-state index in [1.54, 1.807) is 4.68 Å². The van der Waals surface area contributed by atoms with Gasteiger partial charge in [0, 0.05) is 6.04 Å². The molecule has 6 nitrogen and oxygen atoms in total. The van der Waals surface area contributed by atoms with Crippen LogP contribution in [0.25, 0.3) is 5.69 Å². The zero-order chi connectivity index (χ0) is 17.8. The minimum atomic E-state index is 0.0507. The molecular formula is C18H25N5OS. The van der Waals surface area contributed by atoms with Crippen LogP contribution >= 0.6 is 11.8 Å². The summed E-state index contributed by atoms with van der Waals surface area (Å²) in [6, 6.07) is 8.26. The van der Waals surface area contributed by atoms with Gasteiger partial charge in [-0.25, -0.2) is 0 Å². The molecule has 1 fully saturated rings. The molecule has 1 aliphatic rings. The molecule has 2 aromatic rings. The predicted molar refractivity (Wildman–Crippen MR) is 98.7 cm³/mol. The summed E-state index contributed by atoms with van der Waals surface area (Å²) in [6.45, 7) is 6.54. The van der Waals surface area contributed by atoms with E-state index < -0.39 is 0 Å². The Morgan fingerprint density at radius 2 is 2.20 bits per heavy atom. The normalized spacial score (nSPS) is 23.4. The van der Waals surface area contributed by atoms with Gasteiger partial charge in [0.1, 0.15) is 0 Å². The molecule has 1 heterocycles. The fourth-order valence-corrected chi connectivity index (χ4v) is 4.06. The fraction of sp³-hybridized carbons (Fsp3) is 0.556. The number of benzene rings is 1. The maximum absolute atomic E-state index is 12.4. The first kappa shape index (κ1) is 17.9. The van der Waals surface area contributed by atoms with Crippen molar-refractivity contribution in [3.63, 3.8) is 0 Å². The van der Waals surface area contributed by atoms with Gasteiger partial charge in [-0.3, -0.25) is 4.79 Å². The van der Waals surface area contributed by atoms with Gasteiger partial charge in [-0.15, -0.1) is 5.10 Å². The number of carbonyl (C=O) groups is 1. The van der Waals surface area contributed by atoms with Crippen LogP contribution in [0.5, 0.6) is 0 Å². The molecule has 0 spiro atoms. The van der Waals surface area contributed by atoms with E-state index >= 15 is 0 Å². The smallest absolute Gasteiger partial charge is 0.230 e. The Balaban J connectivity index is 1.59. The summed E-state index contributed by atoms with van der Waals surface area (Å²) >= 11 is 1.37. The van der Waals surface area contributed by atoms with E-state index in [0.29, 0.717) is 22.7 Å². The number of nitrogens with zero attached hydrogens (tertiary/aromatic N) is 4. The second-order valence-corrected chi connectivity index (χ2v) is 7.88. The Bertz CT molecular complexity index is 732. The molecule has 0 unspecified atom stereocenters. The molecule has 7 heteroatoms. The van der Waals surface area contributed by atoms with Gasteiger partial charge in [0.15, 0.2) is 0 Å². The maximum Gasteiger partial charge on any atom is 0.230 e. The molecular weight excluding hydrogens is 334 g/mol. The molecule has 1 saturated carbocycles. The number of rotatable bonds is 5. The SMILES string of the molecule is Cc1cccc(-n2nnnc2SCC(=O)N[C@@H]2CCC[C@@H](C)[C@H]2C)c1. The van der Waals surface area contributed by atoms with Gasteiger partial charge in [0.05, 0.1) is 11.4 Å². The van der Waals surface area contributed by atoms with Crippen molar-refractivity contribution in [1.29, 1.82) is 0 Å². The molecule has 0 aliphatic heterocycles. The van der Waals surface area contributed by atoms with E-state index in [1.165, 1.54) is 24.6 Å². The highest BCUT2D eigenvalue weighted by Gasteiger charge is 2.28. The van der Waals surface area contributed by atoms with Gasteiger partial charge >= 0.3 is 0 Å². The highest BCUT2D eigenvalue weighted by Crippen LogP contribution is 2.29. The standard InChI is InChI=1S/C18H25N5OS/c1-12-6-4-8-15(10-12)23-18(20-21-22-23)25-11-17(24)19-16-9-5-7-13(2)14(16)3/h4,6,8,10,13-14,16H,5,7,9,11H2,1-3H3,(H,19,24)/t13-,14-,16-/m1/s1. The van der Waals surface area contributed by atoms with Gasteiger partial charge in [0.25, 0.3) is 0 Å². The lowest BCUT2D eigenvalue weighted by Crippen LogP contribution is -2.44. The van der Waals surface area contributed by atoms with Crippen LogP contribution in [0.4, 0.5) is 0 Å². The molecule has 1 aromatic carbocycles. The summed E-state index contributed by atoms with van der Waals surface area (Å²) in [5.74, 6) is 1.57. The van der Waals surface area contributed by atoms with Gasteiger partial charge in [-0.2, -0.15) is 4.68 Å². The van der Waals surface area contributed by atoms with Gasteiger partial charge < -0.3 is 5.32 Å². The summed E-state index contributed by atoms with van der Waals surface area (Å²) in [4.78, 5) is 12.4. The lowest BCUT2D eigenvalue weighted by molar-refractivity contribution is -0.120. The van der Waals surface area contributed by atoms with Crippen LogP contribution in [-0.4, -0.2) is 37.9 Å². The van der Waals surface area contributed by atoms with E-state index in [1.807, 2.05) is 31.2 Å². The molecule has 1 aromatic heterocycles. The minimum Gasteiger partial charge on any atom is -0.352 e. The van der Waals surface area contributed by atoms with Crippen molar-refractivity contribution in [2.24, 2.45) is 11.8 Å². The molecule has 1 N–H and O–H groups in total. The molecule has 0 saturated heterocycles. The molecule has 134 valence electrons. The van der Waals surface area contributed by atoms with Crippen LogP contribution in [0.15, 0.2) is 29.4 Å². The van der Waals surface area contributed by atoms with Crippen molar-refractivity contribution >= 4 is 17.7 Å². The lowest BCUT2D eigenvalue weighted by Gasteiger charge is -2.34. The van der Waals surface area contributed by atoms with Gasteiger partial charge in [-0.05, 0) is 53.3 Å². The number of tetrazole rings is 1. The molecule has 0 radical (unpaired) electrons. The second kappa shape index (κ2) is 7.99. The van der Waals surface area contributed by atoms with Crippen molar-refractivity contribution in [3.05, 3.63) is 29.8 Å². The number of hydrogen-bond acceptors (Lipinski definition) is 5. The van der Waals surface area contributed by atoms with Crippen LogP contribution < -0.4 is 5.32 Å². The van der Waals surface area contributed by atoms with E-state index in [-0.39, 0.29) is 11.9 Å². The first-order valence-electron chi connectivity index (χ1n) is 8.82. The zero-order valence-electron chi connectivity index (χ0n) is 15.0. The molecule has 3 atom stereocenters. The summed E-state index contributed by atoms with van der Waals surface area (Å²) in [7, 11) is 0. The number of thioether (sulfide) groups is 1. The van der Waals surface area contributed by atoms with Gasteiger partial charge in [0.2, 0.25) is 11.1 Å². The molecule has 0 bridgehead atoms. The average Bonchev–Trinajstić information content (AvgIpc) is 3.06. The largest absolute Gasteiger partial charge is 0.352 e. The van der Waals surface area contributed by atoms with E-state index in [0.717, 1.165) is 17.7 Å². The maximum atomic E-state index is 12.4. The van der Waals surface area contributed by atoms with Crippen molar-refractivity contribution in [3.8, 4) is 5.69 Å². The first-order valence-corrected chi connectivity index (χ1v) is 9.80. The van der Waals surface area contributed by atoms with Crippen LogP contribution in [-0.2, 0) is 4.79 Å². The zero-order valence-corrected chi connectivity index (χ0v) is 15.8. The monoisotopic (exact) mass is 359 g/mol. The fourth-order valence-electron chi connectivity index (χ4n) is 3.35. The van der Waals surface area contributed by atoms with Crippen molar-refractivity contribution < 1.29 is 4.79 Å². The summed E-state index contributed by atoms with van der Waals surface area (Å²) in [6.07, 6.45) is 3.52. The van der Waals surface area contributed by atoms with Crippen LogP contribution in [0, 0.1) is 18.8 Å². The van der Waals surface area contributed by atoms with Crippen molar-refractivity contribution in [1.82, 2.24) is 25.5 Å². The minimum absolute atomic E-state index is 0.0507. The number of amides is 1. The van der Waals surface area contributed by atoms with Crippen molar-refractivity contribution in [2.45, 2.75) is 51.2 Å². The average molecular weight is 359 g/mol. The van der Waals surface area contributed by atoms with E-state index in [4.69, 9.17) is 0 Å². The highest BCUT2D eigenvalue weighted by atomic mass is 32.2. The number of aryl methyl sites for hydroxylation is 1. The number of nitrogens with one attached hydrogen (secondary N) is 1. The van der Waals surface area contributed by atoms with Gasteiger partial charge in [-0.1, -0.05) is 50.6 Å². The predicted octanol–water partition coefficient (Wildman–Crippen LogP) is 3.00. The summed E-state index contributed by atoms with van der Waals surface area (Å²) in [5.41, 5.74) is 2.05. The number of aromatic nitrogens is 4. The van der Waals surface area contributed by atoms with E-state index in [9.17, 15) is 4.79 Å². The first-order chi connectivity index (χ1) is 12.0. The topological polar surface area (TPSA) is 72.7 Å². The van der Waals surface area contributed by atoms with Crippen LogP contribution in [0.3, 0.4) is 0 Å².